The van der Waals surface area contributed by atoms with E-state index in [1.807, 2.05) is 12.1 Å². The molecule has 3 aliphatic rings. The van der Waals surface area contributed by atoms with Crippen LogP contribution >= 0.6 is 0 Å². The standard InChI is InChI=1S/C23H30FN5/c1-28-10-15(11-28)12-29-13-19-18(20(19)14-29)8-9-26-23-21(25)6-7-22(27-23)16-2-4-17(24)5-3-16/h2-7,15,18-20H,8-14,25H2,1H3,(H,26,27)/t18?,19-,20+. The molecule has 6 heteroatoms. The van der Waals surface area contributed by atoms with E-state index in [1.165, 1.54) is 51.3 Å². The lowest BCUT2D eigenvalue weighted by molar-refractivity contribution is 0.0934. The molecule has 1 aromatic heterocycles. The maximum Gasteiger partial charge on any atom is 0.149 e. The number of pyridine rings is 1. The van der Waals surface area contributed by atoms with Crippen LogP contribution in [0.4, 0.5) is 15.9 Å². The van der Waals surface area contributed by atoms with E-state index in [1.54, 1.807) is 12.1 Å². The lowest BCUT2D eigenvalue weighted by atomic mass is 10.0. The monoisotopic (exact) mass is 395 g/mol. The molecular weight excluding hydrogens is 365 g/mol. The van der Waals surface area contributed by atoms with Gasteiger partial charge in [-0.15, -0.1) is 0 Å². The van der Waals surface area contributed by atoms with Crippen molar-refractivity contribution in [2.45, 2.75) is 6.42 Å². The predicted octanol–water partition coefficient (Wildman–Crippen LogP) is 3.01. The summed E-state index contributed by atoms with van der Waals surface area (Å²) in [5.74, 6) is 4.02. The summed E-state index contributed by atoms with van der Waals surface area (Å²) in [6.07, 6.45) is 1.18. The third kappa shape index (κ3) is 3.96. The molecule has 0 radical (unpaired) electrons. The molecule has 5 rings (SSSR count). The summed E-state index contributed by atoms with van der Waals surface area (Å²) >= 11 is 0. The Bertz CT molecular complexity index is 852. The Labute approximate surface area is 172 Å². The zero-order valence-electron chi connectivity index (χ0n) is 17.0. The lowest BCUT2D eigenvalue weighted by Gasteiger charge is -2.38. The topological polar surface area (TPSA) is 57.4 Å². The van der Waals surface area contributed by atoms with Gasteiger partial charge in [0.1, 0.15) is 11.6 Å². The zero-order valence-corrected chi connectivity index (χ0v) is 17.0. The Morgan fingerprint density at radius 2 is 1.79 bits per heavy atom. The number of nitrogen functional groups attached to an aromatic ring is 1. The molecule has 0 spiro atoms. The van der Waals surface area contributed by atoms with E-state index in [9.17, 15) is 4.39 Å². The van der Waals surface area contributed by atoms with Crippen molar-refractivity contribution in [1.29, 1.82) is 0 Å². The van der Waals surface area contributed by atoms with Gasteiger partial charge in [-0.2, -0.15) is 0 Å². The smallest absolute Gasteiger partial charge is 0.149 e. The van der Waals surface area contributed by atoms with E-state index in [0.29, 0.717) is 5.69 Å². The zero-order chi connectivity index (χ0) is 20.0. The summed E-state index contributed by atoms with van der Waals surface area (Å²) in [5, 5.41) is 3.43. The van der Waals surface area contributed by atoms with Gasteiger partial charge in [-0.25, -0.2) is 9.37 Å². The fourth-order valence-corrected chi connectivity index (χ4v) is 5.37. The van der Waals surface area contributed by atoms with Crippen LogP contribution < -0.4 is 11.1 Å². The van der Waals surface area contributed by atoms with Crippen molar-refractivity contribution in [3.05, 3.63) is 42.2 Å². The normalized spacial score (nSPS) is 26.9. The number of rotatable bonds is 7. The van der Waals surface area contributed by atoms with Gasteiger partial charge >= 0.3 is 0 Å². The first-order valence-corrected chi connectivity index (χ1v) is 10.7. The number of hydrogen-bond donors (Lipinski definition) is 2. The van der Waals surface area contributed by atoms with Crippen LogP contribution in [0.25, 0.3) is 11.3 Å². The minimum absolute atomic E-state index is 0.240. The first kappa shape index (κ1) is 18.8. The lowest BCUT2D eigenvalue weighted by Crippen LogP contribution is -2.49. The van der Waals surface area contributed by atoms with Gasteiger partial charge < -0.3 is 20.9 Å². The van der Waals surface area contributed by atoms with Crippen LogP contribution in [0.15, 0.2) is 36.4 Å². The van der Waals surface area contributed by atoms with Gasteiger partial charge in [0.05, 0.1) is 11.4 Å². The van der Waals surface area contributed by atoms with Crippen LogP contribution in [0.5, 0.6) is 0 Å². The molecule has 29 heavy (non-hydrogen) atoms. The molecule has 154 valence electrons. The van der Waals surface area contributed by atoms with Gasteiger partial charge in [-0.1, -0.05) is 0 Å². The molecule has 2 aliphatic heterocycles. The highest BCUT2D eigenvalue weighted by Crippen LogP contribution is 2.53. The minimum atomic E-state index is -0.240. The summed E-state index contributed by atoms with van der Waals surface area (Å²) < 4.78 is 13.2. The molecule has 3 heterocycles. The van der Waals surface area contributed by atoms with E-state index < -0.39 is 0 Å². The highest BCUT2D eigenvalue weighted by molar-refractivity contribution is 5.69. The van der Waals surface area contributed by atoms with E-state index in [2.05, 4.69) is 27.1 Å². The van der Waals surface area contributed by atoms with Crippen molar-refractivity contribution in [2.75, 3.05) is 57.4 Å². The van der Waals surface area contributed by atoms with Gasteiger partial charge in [0.25, 0.3) is 0 Å². The highest BCUT2D eigenvalue weighted by Gasteiger charge is 2.54. The van der Waals surface area contributed by atoms with Crippen molar-refractivity contribution in [3.63, 3.8) is 0 Å². The van der Waals surface area contributed by atoms with Gasteiger partial charge in [-0.3, -0.25) is 0 Å². The Kier molecular flexibility index (Phi) is 4.92. The molecule has 1 aromatic carbocycles. The molecule has 3 atom stereocenters. The summed E-state index contributed by atoms with van der Waals surface area (Å²) in [4.78, 5) is 9.74. The van der Waals surface area contributed by atoms with E-state index in [0.717, 1.165) is 47.3 Å². The van der Waals surface area contributed by atoms with E-state index >= 15 is 0 Å². The third-order valence-corrected chi connectivity index (χ3v) is 6.94. The number of hydrogen-bond acceptors (Lipinski definition) is 5. The number of nitrogens with zero attached hydrogens (tertiary/aromatic N) is 3. The fraction of sp³-hybridized carbons (Fsp3) is 0.522. The molecular formula is C23H30FN5. The maximum atomic E-state index is 13.2. The van der Waals surface area contributed by atoms with E-state index in [-0.39, 0.29) is 5.82 Å². The summed E-state index contributed by atoms with van der Waals surface area (Å²) in [6, 6.07) is 10.2. The number of nitrogens with one attached hydrogen (secondary N) is 1. The Balaban J connectivity index is 1.10. The molecule has 1 saturated carbocycles. The first-order chi connectivity index (χ1) is 14.1. The predicted molar refractivity (Wildman–Crippen MR) is 115 cm³/mol. The van der Waals surface area contributed by atoms with Crippen LogP contribution in [0.3, 0.4) is 0 Å². The van der Waals surface area contributed by atoms with Crippen LogP contribution in [0.2, 0.25) is 0 Å². The molecule has 5 nitrogen and oxygen atoms in total. The average Bonchev–Trinajstić information content (AvgIpc) is 3.13. The van der Waals surface area contributed by atoms with Gasteiger partial charge in [0.2, 0.25) is 0 Å². The van der Waals surface area contributed by atoms with Crippen LogP contribution in [-0.2, 0) is 0 Å². The fourth-order valence-electron chi connectivity index (χ4n) is 5.37. The Morgan fingerprint density at radius 1 is 1.07 bits per heavy atom. The second kappa shape index (κ2) is 7.58. The van der Waals surface area contributed by atoms with Crippen LogP contribution in [0.1, 0.15) is 6.42 Å². The minimum Gasteiger partial charge on any atom is -0.396 e. The number of fused-ring (bicyclic) bond motifs is 1. The average molecular weight is 396 g/mol. The van der Waals surface area contributed by atoms with Crippen LogP contribution in [-0.4, -0.2) is 61.1 Å². The first-order valence-electron chi connectivity index (χ1n) is 10.7. The number of aromatic nitrogens is 1. The third-order valence-electron chi connectivity index (χ3n) is 6.94. The quantitative estimate of drug-likeness (QED) is 0.755. The summed E-state index contributed by atoms with van der Waals surface area (Å²) in [7, 11) is 2.21. The van der Waals surface area contributed by atoms with Crippen molar-refractivity contribution >= 4 is 11.5 Å². The molecule has 2 aromatic rings. The van der Waals surface area contributed by atoms with Crippen molar-refractivity contribution in [1.82, 2.24) is 14.8 Å². The molecule has 2 saturated heterocycles. The molecule has 1 unspecified atom stereocenters. The Morgan fingerprint density at radius 3 is 2.48 bits per heavy atom. The second-order valence-electron chi connectivity index (χ2n) is 9.15. The van der Waals surface area contributed by atoms with E-state index in [4.69, 9.17) is 5.73 Å². The summed E-state index contributed by atoms with van der Waals surface area (Å²) in [5.41, 5.74) is 8.47. The molecule has 0 bridgehead atoms. The number of nitrogens with two attached hydrogens (primary N) is 1. The second-order valence-corrected chi connectivity index (χ2v) is 9.15. The van der Waals surface area contributed by atoms with Crippen LogP contribution in [0, 0.1) is 29.5 Å². The maximum absolute atomic E-state index is 13.2. The van der Waals surface area contributed by atoms with Crippen molar-refractivity contribution in [3.8, 4) is 11.3 Å². The largest absolute Gasteiger partial charge is 0.396 e. The number of benzene rings is 1. The number of likely N-dealkylation sites (tertiary alicyclic amines) is 2. The Hall–Kier alpha value is -2.18. The molecule has 3 N–H and O–H groups in total. The van der Waals surface area contributed by atoms with Gasteiger partial charge in [-0.05, 0) is 73.5 Å². The molecule has 3 fully saturated rings. The summed E-state index contributed by atoms with van der Waals surface area (Å²) in [6.45, 7) is 7.30. The molecule has 0 amide bonds. The van der Waals surface area contributed by atoms with Crippen molar-refractivity contribution in [2.24, 2.45) is 23.7 Å². The molecule has 1 aliphatic carbocycles. The van der Waals surface area contributed by atoms with Gasteiger partial charge in [0, 0.05) is 44.8 Å². The number of piperidine rings is 1. The number of halogens is 1. The van der Waals surface area contributed by atoms with Crippen molar-refractivity contribution < 1.29 is 4.39 Å². The van der Waals surface area contributed by atoms with Gasteiger partial charge in [0.15, 0.2) is 0 Å². The highest BCUT2D eigenvalue weighted by atomic mass is 19.1. The SMILES string of the molecule is CN1CC(CN2C[C@@H]3C(CCNc4nc(-c5ccc(F)cc5)ccc4N)[C@@H]3C2)C1. The number of anilines is 2.